The molecule has 22 heavy (non-hydrogen) atoms. The van der Waals surface area contributed by atoms with E-state index >= 15 is 0 Å². The molecule has 5 nitrogen and oxygen atoms in total. The van der Waals surface area contributed by atoms with Gasteiger partial charge in [-0.15, -0.1) is 0 Å². The van der Waals surface area contributed by atoms with Crippen LogP contribution in [0.15, 0.2) is 0 Å². The number of amides is 2. The van der Waals surface area contributed by atoms with E-state index in [1.165, 1.54) is 0 Å². The lowest BCUT2D eigenvalue weighted by atomic mass is 9.89. The molecule has 0 spiro atoms. The highest BCUT2D eigenvalue weighted by atomic mass is 16.2. The van der Waals surface area contributed by atoms with Crippen molar-refractivity contribution >= 4 is 11.8 Å². The highest BCUT2D eigenvalue weighted by Crippen LogP contribution is 2.21. The summed E-state index contributed by atoms with van der Waals surface area (Å²) < 4.78 is 0. The van der Waals surface area contributed by atoms with Crippen molar-refractivity contribution in [1.82, 2.24) is 15.5 Å². The van der Waals surface area contributed by atoms with Crippen LogP contribution in [-0.4, -0.2) is 47.4 Å². The first-order valence-electron chi connectivity index (χ1n) is 8.53. The maximum atomic E-state index is 12.3. The summed E-state index contributed by atoms with van der Waals surface area (Å²) in [6.45, 7) is 13.4. The minimum atomic E-state index is -0.214. The third kappa shape index (κ3) is 5.27. The van der Waals surface area contributed by atoms with Crippen LogP contribution in [-0.2, 0) is 9.59 Å². The van der Waals surface area contributed by atoms with Gasteiger partial charge in [-0.3, -0.25) is 9.59 Å². The molecule has 3 atom stereocenters. The Morgan fingerprint density at radius 3 is 2.45 bits per heavy atom. The molecule has 2 N–H and O–H groups in total. The Hall–Kier alpha value is -1.10. The molecule has 128 valence electrons. The molecule has 1 aliphatic rings. The van der Waals surface area contributed by atoms with Gasteiger partial charge >= 0.3 is 0 Å². The molecule has 0 radical (unpaired) electrons. The third-order valence-corrected chi connectivity index (χ3v) is 4.91. The Kier molecular flexibility index (Phi) is 6.85. The molecule has 2 amide bonds. The minimum absolute atomic E-state index is 0.0516. The maximum absolute atomic E-state index is 12.3. The van der Waals surface area contributed by atoms with Gasteiger partial charge in [0.1, 0.15) is 0 Å². The summed E-state index contributed by atoms with van der Waals surface area (Å²) in [5.74, 6) is 0.607. The fraction of sp³-hybridized carbons (Fsp3) is 0.882. The molecule has 0 unspecified atom stereocenters. The molecule has 1 heterocycles. The standard InChI is InChI=1S/C17H33N3O2/c1-7-14-11-20(13(4)21)10-9-15(14)18-12(3)16(22)19-17(5,6)8-2/h12,14-15,18H,7-11H2,1-6H3,(H,19,22)/t12-,14+,15+/m0/s1. The molecule has 1 fully saturated rings. The van der Waals surface area contributed by atoms with Crippen molar-refractivity contribution in [3.63, 3.8) is 0 Å². The molecule has 0 aromatic rings. The lowest BCUT2D eigenvalue weighted by Crippen LogP contribution is -2.57. The average Bonchev–Trinajstić information content (AvgIpc) is 2.46. The number of carbonyl (C=O) groups excluding carboxylic acids is 2. The van der Waals surface area contributed by atoms with Crippen LogP contribution in [0.4, 0.5) is 0 Å². The van der Waals surface area contributed by atoms with Crippen molar-refractivity contribution in [2.45, 2.75) is 78.4 Å². The molecular formula is C17H33N3O2. The van der Waals surface area contributed by atoms with Crippen LogP contribution in [0.1, 0.15) is 60.8 Å². The van der Waals surface area contributed by atoms with E-state index in [4.69, 9.17) is 0 Å². The zero-order chi connectivity index (χ0) is 16.9. The van der Waals surface area contributed by atoms with E-state index in [1.54, 1.807) is 6.92 Å². The summed E-state index contributed by atoms with van der Waals surface area (Å²) in [7, 11) is 0. The van der Waals surface area contributed by atoms with E-state index in [1.807, 2.05) is 25.7 Å². The molecular weight excluding hydrogens is 278 g/mol. The van der Waals surface area contributed by atoms with Gasteiger partial charge < -0.3 is 15.5 Å². The predicted molar refractivity (Wildman–Crippen MR) is 89.6 cm³/mol. The lowest BCUT2D eigenvalue weighted by molar-refractivity contribution is -0.131. The SMILES string of the molecule is CC[C@@H]1CN(C(C)=O)CC[C@H]1N[C@@H](C)C(=O)NC(C)(C)CC. The third-order valence-electron chi connectivity index (χ3n) is 4.91. The van der Waals surface area contributed by atoms with Gasteiger partial charge in [-0.2, -0.15) is 0 Å². The van der Waals surface area contributed by atoms with Gasteiger partial charge in [-0.1, -0.05) is 20.3 Å². The molecule has 1 aliphatic heterocycles. The molecule has 0 aromatic carbocycles. The van der Waals surface area contributed by atoms with Crippen LogP contribution < -0.4 is 10.6 Å². The first-order valence-corrected chi connectivity index (χ1v) is 8.53. The summed E-state index contributed by atoms with van der Waals surface area (Å²) >= 11 is 0. The van der Waals surface area contributed by atoms with Crippen LogP contribution >= 0.6 is 0 Å². The monoisotopic (exact) mass is 311 g/mol. The maximum Gasteiger partial charge on any atom is 0.237 e. The van der Waals surface area contributed by atoms with E-state index in [0.29, 0.717) is 12.0 Å². The molecule has 0 bridgehead atoms. The fourth-order valence-corrected chi connectivity index (χ4v) is 2.88. The number of carbonyl (C=O) groups is 2. The van der Waals surface area contributed by atoms with Gasteiger partial charge in [-0.05, 0) is 39.5 Å². The van der Waals surface area contributed by atoms with Crippen LogP contribution in [0.3, 0.4) is 0 Å². The van der Waals surface area contributed by atoms with Crippen molar-refractivity contribution in [2.24, 2.45) is 5.92 Å². The summed E-state index contributed by atoms with van der Waals surface area (Å²) in [5.41, 5.74) is -0.171. The zero-order valence-electron chi connectivity index (χ0n) is 15.0. The highest BCUT2D eigenvalue weighted by Gasteiger charge is 2.31. The van der Waals surface area contributed by atoms with Crippen molar-refractivity contribution in [3.05, 3.63) is 0 Å². The topological polar surface area (TPSA) is 61.4 Å². The van der Waals surface area contributed by atoms with Gasteiger partial charge in [0.2, 0.25) is 11.8 Å². The molecule has 1 saturated heterocycles. The van der Waals surface area contributed by atoms with E-state index < -0.39 is 0 Å². The largest absolute Gasteiger partial charge is 0.350 e. The second-order valence-corrected chi connectivity index (χ2v) is 7.14. The minimum Gasteiger partial charge on any atom is -0.350 e. The summed E-state index contributed by atoms with van der Waals surface area (Å²) in [4.78, 5) is 25.8. The Labute approximate surface area is 135 Å². The van der Waals surface area contributed by atoms with Crippen molar-refractivity contribution in [2.75, 3.05) is 13.1 Å². The average molecular weight is 311 g/mol. The zero-order valence-corrected chi connectivity index (χ0v) is 15.0. The number of hydrogen-bond donors (Lipinski definition) is 2. The van der Waals surface area contributed by atoms with E-state index in [0.717, 1.165) is 32.4 Å². The van der Waals surface area contributed by atoms with Crippen LogP contribution in [0, 0.1) is 5.92 Å². The Balaban J connectivity index is 2.58. The summed E-state index contributed by atoms with van der Waals surface area (Å²) in [6.07, 6.45) is 2.82. The molecule has 5 heteroatoms. The quantitative estimate of drug-likeness (QED) is 0.788. The van der Waals surface area contributed by atoms with E-state index in [-0.39, 0.29) is 23.4 Å². The van der Waals surface area contributed by atoms with Gasteiger partial charge in [0.25, 0.3) is 0 Å². The summed E-state index contributed by atoms with van der Waals surface area (Å²) in [6, 6.07) is 0.0832. The first-order chi connectivity index (χ1) is 10.2. The number of hydrogen-bond acceptors (Lipinski definition) is 3. The second kappa shape index (κ2) is 7.95. The number of likely N-dealkylation sites (tertiary alicyclic amines) is 1. The lowest BCUT2D eigenvalue weighted by Gasteiger charge is -2.39. The number of piperidine rings is 1. The molecule has 0 aliphatic carbocycles. The van der Waals surface area contributed by atoms with Crippen molar-refractivity contribution < 1.29 is 9.59 Å². The summed E-state index contributed by atoms with van der Waals surface area (Å²) in [5, 5.41) is 6.56. The molecule has 0 aromatic heterocycles. The van der Waals surface area contributed by atoms with Gasteiger partial charge in [-0.25, -0.2) is 0 Å². The number of nitrogens with one attached hydrogen (secondary N) is 2. The Bertz CT molecular complexity index is 395. The van der Waals surface area contributed by atoms with E-state index in [2.05, 4.69) is 24.5 Å². The molecule has 0 saturated carbocycles. The van der Waals surface area contributed by atoms with Gasteiger partial charge in [0.05, 0.1) is 6.04 Å². The van der Waals surface area contributed by atoms with Gasteiger partial charge in [0, 0.05) is 31.6 Å². The predicted octanol–water partition coefficient (Wildman–Crippen LogP) is 1.92. The van der Waals surface area contributed by atoms with Crippen LogP contribution in [0.5, 0.6) is 0 Å². The number of nitrogens with zero attached hydrogens (tertiary/aromatic N) is 1. The fourth-order valence-electron chi connectivity index (χ4n) is 2.88. The van der Waals surface area contributed by atoms with Crippen LogP contribution in [0.25, 0.3) is 0 Å². The van der Waals surface area contributed by atoms with Crippen molar-refractivity contribution in [1.29, 1.82) is 0 Å². The first kappa shape index (κ1) is 18.9. The Morgan fingerprint density at radius 2 is 1.95 bits per heavy atom. The van der Waals surface area contributed by atoms with E-state index in [9.17, 15) is 9.59 Å². The number of rotatable bonds is 6. The molecule has 1 rings (SSSR count). The van der Waals surface area contributed by atoms with Gasteiger partial charge in [0.15, 0.2) is 0 Å². The van der Waals surface area contributed by atoms with Crippen LogP contribution in [0.2, 0.25) is 0 Å². The van der Waals surface area contributed by atoms with Crippen molar-refractivity contribution in [3.8, 4) is 0 Å². The normalized spacial score (nSPS) is 24.0. The second-order valence-electron chi connectivity index (χ2n) is 7.14. The Morgan fingerprint density at radius 1 is 1.32 bits per heavy atom. The highest BCUT2D eigenvalue weighted by molar-refractivity contribution is 5.82. The smallest absolute Gasteiger partial charge is 0.237 e.